The van der Waals surface area contributed by atoms with Crippen LogP contribution in [0.2, 0.25) is 0 Å². The van der Waals surface area contributed by atoms with Crippen molar-refractivity contribution in [2.24, 2.45) is 62.6 Å². The monoisotopic (exact) mass is 500 g/mol. The molecule has 4 heteroatoms. The van der Waals surface area contributed by atoms with Gasteiger partial charge in [0.2, 0.25) is 0 Å². The Labute approximate surface area is 219 Å². The van der Waals surface area contributed by atoms with Crippen molar-refractivity contribution in [3.63, 3.8) is 0 Å². The minimum atomic E-state index is -0.408. The zero-order valence-corrected chi connectivity index (χ0v) is 24.3. The van der Waals surface area contributed by atoms with Crippen LogP contribution in [0.4, 0.5) is 0 Å². The summed E-state index contributed by atoms with van der Waals surface area (Å²) >= 11 is 0. The van der Waals surface area contributed by atoms with Crippen LogP contribution in [0.5, 0.6) is 0 Å². The molecule has 0 saturated heterocycles. The molecule has 0 aromatic carbocycles. The third-order valence-corrected chi connectivity index (χ3v) is 14.3. The number of ketones is 1. The molecule has 1 N–H and O–H groups in total. The molecule has 0 aromatic heterocycles. The van der Waals surface area contributed by atoms with Crippen molar-refractivity contribution in [3.8, 4) is 0 Å². The Kier molecular flexibility index (Phi) is 6.15. The molecule has 5 rings (SSSR count). The second-order valence-electron chi connectivity index (χ2n) is 15.3. The number of methoxy groups -OCH3 is 1. The van der Waals surface area contributed by atoms with Gasteiger partial charge in [-0.05, 0) is 122 Å². The number of carbonyl (C=O) groups excluding carboxylic acids is 2. The quantitative estimate of drug-likeness (QED) is 0.432. The van der Waals surface area contributed by atoms with E-state index in [0.717, 1.165) is 44.9 Å². The maximum atomic E-state index is 13.5. The van der Waals surface area contributed by atoms with Gasteiger partial charge < -0.3 is 9.84 Å². The Morgan fingerprint density at radius 1 is 0.833 bits per heavy atom. The van der Waals surface area contributed by atoms with Crippen molar-refractivity contribution in [3.05, 3.63) is 0 Å². The average Bonchev–Trinajstić information content (AvgIpc) is 3.22. The SMILES string of the molecule is COC(=O)[C@]12CC[C@@H](C(C)C(C)=O)[C@@H]1[C@H]1CC[C@@H]3[C@@]4(C)CC[C@H](O)C(C)(C)[C@@H]4CC[C@@]3(C)[C@]1(C)CC2. The van der Waals surface area contributed by atoms with Crippen molar-refractivity contribution < 1.29 is 19.4 Å². The number of aliphatic hydroxyl groups is 1. The number of hydrogen-bond acceptors (Lipinski definition) is 4. The van der Waals surface area contributed by atoms with E-state index in [9.17, 15) is 14.7 Å². The minimum absolute atomic E-state index is 0.00305. The summed E-state index contributed by atoms with van der Waals surface area (Å²) in [5.74, 6) is 2.45. The maximum absolute atomic E-state index is 13.5. The van der Waals surface area contributed by atoms with E-state index in [1.54, 1.807) is 14.0 Å². The fraction of sp³-hybridized carbons (Fsp3) is 0.938. The van der Waals surface area contributed by atoms with Crippen LogP contribution >= 0.6 is 0 Å². The highest BCUT2D eigenvalue weighted by molar-refractivity contribution is 5.80. The van der Waals surface area contributed by atoms with Crippen LogP contribution in [0.1, 0.15) is 113 Å². The summed E-state index contributed by atoms with van der Waals surface area (Å²) in [6, 6.07) is 0. The summed E-state index contributed by atoms with van der Waals surface area (Å²) < 4.78 is 5.50. The number of aliphatic hydroxyl groups excluding tert-OH is 1. The molecule has 0 spiro atoms. The fourth-order valence-electron chi connectivity index (χ4n) is 12.1. The normalized spacial score (nSPS) is 52.2. The van der Waals surface area contributed by atoms with Gasteiger partial charge in [0, 0.05) is 5.92 Å². The molecular formula is C32H52O4. The lowest BCUT2D eigenvalue weighted by Gasteiger charge is -2.72. The lowest BCUT2D eigenvalue weighted by atomic mass is 9.32. The third-order valence-electron chi connectivity index (χ3n) is 14.3. The first-order valence-electron chi connectivity index (χ1n) is 15.0. The molecule has 0 aliphatic heterocycles. The average molecular weight is 501 g/mol. The van der Waals surface area contributed by atoms with Gasteiger partial charge in [0.05, 0.1) is 18.6 Å². The van der Waals surface area contributed by atoms with E-state index in [2.05, 4.69) is 41.5 Å². The highest BCUT2D eigenvalue weighted by Gasteiger charge is 2.72. The molecule has 5 aliphatic rings. The minimum Gasteiger partial charge on any atom is -0.469 e. The van der Waals surface area contributed by atoms with E-state index in [-0.39, 0.29) is 57.3 Å². The standard InChI is InChI=1S/C32H52O4/c1-19(20(2)33)21-11-16-32(27(35)36-8)18-17-30(6)22(26(21)32)9-10-24-29(5)14-13-25(34)28(3,4)23(29)12-15-31(24,30)7/h19,21-26,34H,9-18H2,1-8H3/t19?,21-,22+,23-,24+,25-,26+,29-,30+,31+,32-/m0/s1. The smallest absolute Gasteiger partial charge is 0.312 e. The van der Waals surface area contributed by atoms with Crippen molar-refractivity contribution >= 4 is 11.8 Å². The molecule has 0 aromatic rings. The van der Waals surface area contributed by atoms with Crippen LogP contribution in [-0.2, 0) is 14.3 Å². The first-order chi connectivity index (χ1) is 16.7. The largest absolute Gasteiger partial charge is 0.469 e. The van der Waals surface area contributed by atoms with E-state index in [4.69, 9.17) is 4.74 Å². The van der Waals surface area contributed by atoms with Gasteiger partial charge in [-0.2, -0.15) is 0 Å². The van der Waals surface area contributed by atoms with Gasteiger partial charge in [0.15, 0.2) is 0 Å². The molecule has 0 amide bonds. The molecule has 0 heterocycles. The molecule has 11 atom stereocenters. The zero-order chi connectivity index (χ0) is 26.5. The van der Waals surface area contributed by atoms with Crippen LogP contribution < -0.4 is 0 Å². The fourth-order valence-corrected chi connectivity index (χ4v) is 12.1. The van der Waals surface area contributed by atoms with Gasteiger partial charge in [0.25, 0.3) is 0 Å². The summed E-state index contributed by atoms with van der Waals surface area (Å²) in [4.78, 5) is 26.1. The van der Waals surface area contributed by atoms with Crippen LogP contribution in [-0.4, -0.2) is 30.1 Å². The summed E-state index contributed by atoms with van der Waals surface area (Å²) in [5, 5.41) is 10.9. The van der Waals surface area contributed by atoms with Crippen LogP contribution in [0, 0.1) is 62.6 Å². The van der Waals surface area contributed by atoms with E-state index >= 15 is 0 Å². The van der Waals surface area contributed by atoms with E-state index < -0.39 is 5.41 Å². The van der Waals surface area contributed by atoms with Crippen LogP contribution in [0.25, 0.3) is 0 Å². The van der Waals surface area contributed by atoms with Crippen molar-refractivity contribution in [2.75, 3.05) is 7.11 Å². The van der Waals surface area contributed by atoms with E-state index in [1.165, 1.54) is 19.3 Å². The van der Waals surface area contributed by atoms with Crippen LogP contribution in [0.3, 0.4) is 0 Å². The Bertz CT molecular complexity index is 925. The topological polar surface area (TPSA) is 63.6 Å². The van der Waals surface area contributed by atoms with Gasteiger partial charge in [-0.15, -0.1) is 0 Å². The highest BCUT2D eigenvalue weighted by atomic mass is 16.5. The second kappa shape index (κ2) is 8.30. The predicted molar refractivity (Wildman–Crippen MR) is 142 cm³/mol. The van der Waals surface area contributed by atoms with Gasteiger partial charge in [-0.25, -0.2) is 0 Å². The zero-order valence-electron chi connectivity index (χ0n) is 24.3. The molecular weight excluding hydrogens is 448 g/mol. The van der Waals surface area contributed by atoms with Gasteiger partial charge in [-0.3, -0.25) is 9.59 Å². The Morgan fingerprint density at radius 3 is 2.17 bits per heavy atom. The molecule has 204 valence electrons. The summed E-state index contributed by atoms with van der Waals surface area (Å²) in [6.07, 6.45) is 10.5. The number of fused-ring (bicyclic) bond motifs is 7. The summed E-state index contributed by atoms with van der Waals surface area (Å²) in [6.45, 7) is 16.2. The van der Waals surface area contributed by atoms with E-state index in [1.807, 2.05) is 0 Å². The summed E-state index contributed by atoms with van der Waals surface area (Å²) in [7, 11) is 1.56. The second-order valence-corrected chi connectivity index (χ2v) is 15.3. The Hall–Kier alpha value is -0.900. The third kappa shape index (κ3) is 3.15. The van der Waals surface area contributed by atoms with E-state index in [0.29, 0.717) is 17.8 Å². The molecule has 5 saturated carbocycles. The molecule has 5 aliphatic carbocycles. The lowest BCUT2D eigenvalue weighted by Crippen LogP contribution is -2.67. The van der Waals surface area contributed by atoms with Crippen molar-refractivity contribution in [1.29, 1.82) is 0 Å². The number of hydrogen-bond donors (Lipinski definition) is 1. The van der Waals surface area contributed by atoms with Crippen molar-refractivity contribution in [1.82, 2.24) is 0 Å². The number of Topliss-reactive ketones (excluding diaryl/α,β-unsaturated/α-hetero) is 1. The van der Waals surface area contributed by atoms with Crippen LogP contribution in [0.15, 0.2) is 0 Å². The molecule has 0 radical (unpaired) electrons. The summed E-state index contributed by atoms with van der Waals surface area (Å²) in [5.41, 5.74) is 0.183. The van der Waals surface area contributed by atoms with Gasteiger partial charge >= 0.3 is 5.97 Å². The number of esters is 1. The Balaban J connectivity index is 1.57. The van der Waals surface area contributed by atoms with Gasteiger partial charge in [-0.1, -0.05) is 41.5 Å². The Morgan fingerprint density at radius 2 is 1.53 bits per heavy atom. The maximum Gasteiger partial charge on any atom is 0.312 e. The van der Waals surface area contributed by atoms with Crippen molar-refractivity contribution in [2.45, 2.75) is 119 Å². The molecule has 0 bridgehead atoms. The molecule has 1 unspecified atom stereocenters. The lowest BCUT2D eigenvalue weighted by molar-refractivity contribution is -0.249. The number of ether oxygens (including phenoxy) is 1. The first-order valence-corrected chi connectivity index (χ1v) is 15.0. The predicted octanol–water partition coefficient (Wildman–Crippen LogP) is 6.83. The molecule has 5 fully saturated rings. The first kappa shape index (κ1) is 26.7. The number of carbonyl (C=O) groups is 2. The number of rotatable bonds is 3. The van der Waals surface area contributed by atoms with Gasteiger partial charge in [0.1, 0.15) is 5.78 Å². The highest BCUT2D eigenvalue weighted by Crippen LogP contribution is 2.77. The molecule has 36 heavy (non-hydrogen) atoms. The molecule has 4 nitrogen and oxygen atoms in total.